The number of piperazine rings is 1. The molecule has 1 heterocycles. The molecule has 9 nitrogen and oxygen atoms in total. The fourth-order valence-electron chi connectivity index (χ4n) is 5.59. The van der Waals surface area contributed by atoms with E-state index in [1.54, 1.807) is 9.80 Å². The SMILES string of the molecule is O=C(O)CCCC(=O)N1CCN(C(=O)C2CCC(NS(=O)(=O)c3ccc(C(F)(F)F)cc3)CC2)[C@@H](c2ccccc2)C1. The number of hydrogen-bond acceptors (Lipinski definition) is 5. The number of amides is 2. The van der Waals surface area contributed by atoms with Gasteiger partial charge in [-0.2, -0.15) is 13.2 Å². The standard InChI is InChI=1S/C29H34F3N3O6S/c30-29(31,32)22-11-15-24(16-12-22)42(40,41)33-23-13-9-21(10-14-23)28(39)35-18-17-34(26(36)7-4-8-27(37)38)19-25(35)20-5-2-1-3-6-20/h1-3,5-6,11-12,15-16,21,23,25,33H,4,7-10,13-14,17-19H2,(H,37,38)/t21?,23?,25-/m1/s1. The van der Waals surface area contributed by atoms with Crippen molar-refractivity contribution in [3.63, 3.8) is 0 Å². The third kappa shape index (κ3) is 7.88. The first kappa shape index (κ1) is 31.5. The molecule has 0 unspecified atom stereocenters. The van der Waals surface area contributed by atoms with Crippen LogP contribution in [0.15, 0.2) is 59.5 Å². The number of rotatable bonds is 9. The summed E-state index contributed by atoms with van der Waals surface area (Å²) in [5, 5.41) is 8.87. The Morgan fingerprint density at radius 1 is 0.905 bits per heavy atom. The molecule has 0 spiro atoms. The van der Waals surface area contributed by atoms with E-state index in [0.29, 0.717) is 45.3 Å². The van der Waals surface area contributed by atoms with Gasteiger partial charge in [-0.15, -0.1) is 0 Å². The molecular weight excluding hydrogens is 575 g/mol. The summed E-state index contributed by atoms with van der Waals surface area (Å²) in [6.07, 6.45) is -2.62. The first-order valence-corrected chi connectivity index (χ1v) is 15.4. The van der Waals surface area contributed by atoms with Gasteiger partial charge in [-0.05, 0) is 61.9 Å². The molecule has 1 saturated carbocycles. The summed E-state index contributed by atoms with van der Waals surface area (Å²) in [7, 11) is -4.03. The van der Waals surface area contributed by atoms with Crippen LogP contribution in [-0.2, 0) is 30.6 Å². The van der Waals surface area contributed by atoms with Crippen molar-refractivity contribution in [1.82, 2.24) is 14.5 Å². The fraction of sp³-hybridized carbons (Fsp3) is 0.483. The van der Waals surface area contributed by atoms with Crippen molar-refractivity contribution in [2.45, 2.75) is 68.1 Å². The lowest BCUT2D eigenvalue weighted by atomic mass is 9.85. The van der Waals surface area contributed by atoms with Gasteiger partial charge >= 0.3 is 12.1 Å². The summed E-state index contributed by atoms with van der Waals surface area (Å²) >= 11 is 0. The van der Waals surface area contributed by atoms with E-state index in [0.717, 1.165) is 29.8 Å². The number of alkyl halides is 3. The molecule has 2 N–H and O–H groups in total. The highest BCUT2D eigenvalue weighted by molar-refractivity contribution is 7.89. The number of benzene rings is 2. The van der Waals surface area contributed by atoms with Crippen LogP contribution < -0.4 is 4.72 Å². The summed E-state index contributed by atoms with van der Waals surface area (Å²) in [5.74, 6) is -1.50. The third-order valence-electron chi connectivity index (χ3n) is 7.87. The Morgan fingerprint density at radius 2 is 1.55 bits per heavy atom. The van der Waals surface area contributed by atoms with E-state index in [9.17, 15) is 36.0 Å². The van der Waals surface area contributed by atoms with Crippen molar-refractivity contribution >= 4 is 27.8 Å². The van der Waals surface area contributed by atoms with Gasteiger partial charge in [-0.1, -0.05) is 30.3 Å². The smallest absolute Gasteiger partial charge is 0.416 e. The van der Waals surface area contributed by atoms with Crippen LogP contribution in [0.4, 0.5) is 13.2 Å². The maximum absolute atomic E-state index is 13.7. The molecule has 13 heteroatoms. The predicted molar refractivity (Wildman–Crippen MR) is 146 cm³/mol. The number of halogens is 3. The van der Waals surface area contributed by atoms with Gasteiger partial charge in [0.1, 0.15) is 0 Å². The third-order valence-corrected chi connectivity index (χ3v) is 9.41. The molecule has 1 saturated heterocycles. The number of nitrogens with zero attached hydrogens (tertiary/aromatic N) is 2. The van der Waals surface area contributed by atoms with E-state index in [4.69, 9.17) is 5.11 Å². The Bertz CT molecular complexity index is 1360. The van der Waals surface area contributed by atoms with Crippen molar-refractivity contribution in [2.75, 3.05) is 19.6 Å². The zero-order chi connectivity index (χ0) is 30.5. The van der Waals surface area contributed by atoms with Crippen molar-refractivity contribution in [3.05, 3.63) is 65.7 Å². The van der Waals surface area contributed by atoms with Crippen LogP contribution in [0.1, 0.15) is 62.1 Å². The molecule has 2 aromatic carbocycles. The first-order valence-electron chi connectivity index (χ1n) is 13.9. The van der Waals surface area contributed by atoms with Crippen LogP contribution in [-0.4, -0.2) is 66.8 Å². The van der Waals surface area contributed by atoms with Crippen molar-refractivity contribution in [1.29, 1.82) is 0 Å². The normalized spacial score (nSPS) is 21.6. The second kappa shape index (κ2) is 13.2. The monoisotopic (exact) mass is 609 g/mol. The molecule has 42 heavy (non-hydrogen) atoms. The number of nitrogens with one attached hydrogen (secondary N) is 1. The van der Waals surface area contributed by atoms with Gasteiger partial charge in [-0.3, -0.25) is 14.4 Å². The van der Waals surface area contributed by atoms with Gasteiger partial charge in [-0.25, -0.2) is 13.1 Å². The van der Waals surface area contributed by atoms with E-state index >= 15 is 0 Å². The quantitative estimate of drug-likeness (QED) is 0.439. The minimum absolute atomic E-state index is 0.0640. The topological polar surface area (TPSA) is 124 Å². The van der Waals surface area contributed by atoms with Gasteiger partial charge in [0.25, 0.3) is 0 Å². The molecule has 2 amide bonds. The largest absolute Gasteiger partial charge is 0.481 e. The van der Waals surface area contributed by atoms with Gasteiger partial charge < -0.3 is 14.9 Å². The van der Waals surface area contributed by atoms with Crippen molar-refractivity contribution < 1.29 is 41.1 Å². The molecule has 2 fully saturated rings. The molecular formula is C29H34F3N3O6S. The summed E-state index contributed by atoms with van der Waals surface area (Å²) in [6, 6.07) is 11.9. The number of carboxylic acid groups (broad SMARTS) is 1. The van der Waals surface area contributed by atoms with E-state index in [2.05, 4.69) is 4.72 Å². The minimum Gasteiger partial charge on any atom is -0.481 e. The molecule has 1 atom stereocenters. The zero-order valence-electron chi connectivity index (χ0n) is 22.9. The molecule has 228 valence electrons. The Balaban J connectivity index is 1.37. The fourth-order valence-corrected chi connectivity index (χ4v) is 6.89. The van der Waals surface area contributed by atoms with E-state index in [-0.39, 0.29) is 47.9 Å². The number of aliphatic carboxylic acids is 1. The van der Waals surface area contributed by atoms with Gasteiger partial charge in [0.05, 0.1) is 16.5 Å². The van der Waals surface area contributed by atoms with Gasteiger partial charge in [0.15, 0.2) is 0 Å². The molecule has 0 bridgehead atoms. The Hall–Kier alpha value is -3.45. The van der Waals surface area contributed by atoms with Crippen LogP contribution in [0.5, 0.6) is 0 Å². The van der Waals surface area contributed by atoms with E-state index in [1.807, 2.05) is 30.3 Å². The number of sulfonamides is 1. The summed E-state index contributed by atoms with van der Waals surface area (Å²) in [4.78, 5) is 40.5. The molecule has 2 aromatic rings. The first-order chi connectivity index (χ1) is 19.8. The summed E-state index contributed by atoms with van der Waals surface area (Å²) in [5.41, 5.74) is -0.0514. The Morgan fingerprint density at radius 3 is 2.14 bits per heavy atom. The number of carboxylic acids is 1. The van der Waals surface area contributed by atoms with Gasteiger partial charge in [0.2, 0.25) is 21.8 Å². The lowest BCUT2D eigenvalue weighted by Gasteiger charge is -2.44. The second-order valence-electron chi connectivity index (χ2n) is 10.7. The second-order valence-corrected chi connectivity index (χ2v) is 12.5. The van der Waals surface area contributed by atoms with Crippen molar-refractivity contribution in [2.24, 2.45) is 5.92 Å². The van der Waals surface area contributed by atoms with Crippen LogP contribution in [0.25, 0.3) is 0 Å². The number of carbonyl (C=O) groups excluding carboxylic acids is 2. The van der Waals surface area contributed by atoms with E-state index < -0.39 is 33.8 Å². The summed E-state index contributed by atoms with van der Waals surface area (Å²) in [6.45, 7) is 0.955. The highest BCUT2D eigenvalue weighted by Crippen LogP contribution is 2.33. The number of hydrogen-bond donors (Lipinski definition) is 2. The molecule has 0 radical (unpaired) electrons. The Labute approximate surface area is 242 Å². The maximum atomic E-state index is 13.7. The van der Waals surface area contributed by atoms with Crippen LogP contribution >= 0.6 is 0 Å². The van der Waals surface area contributed by atoms with Crippen LogP contribution in [0, 0.1) is 5.92 Å². The molecule has 1 aliphatic heterocycles. The van der Waals surface area contributed by atoms with Gasteiger partial charge in [0, 0.05) is 44.4 Å². The van der Waals surface area contributed by atoms with E-state index in [1.165, 1.54) is 0 Å². The highest BCUT2D eigenvalue weighted by Gasteiger charge is 2.38. The summed E-state index contributed by atoms with van der Waals surface area (Å²) < 4.78 is 66.6. The average molecular weight is 610 g/mol. The zero-order valence-corrected chi connectivity index (χ0v) is 23.7. The lowest BCUT2D eigenvalue weighted by Crippen LogP contribution is -2.54. The minimum atomic E-state index is -4.57. The van der Waals surface area contributed by atoms with Crippen LogP contribution in [0.3, 0.4) is 0 Å². The number of carbonyl (C=O) groups is 3. The molecule has 0 aromatic heterocycles. The van der Waals surface area contributed by atoms with Crippen molar-refractivity contribution in [3.8, 4) is 0 Å². The maximum Gasteiger partial charge on any atom is 0.416 e. The van der Waals surface area contributed by atoms with Crippen LogP contribution in [0.2, 0.25) is 0 Å². The Kier molecular flexibility index (Phi) is 9.93. The lowest BCUT2D eigenvalue weighted by molar-refractivity contribution is -0.147. The molecule has 1 aliphatic carbocycles. The predicted octanol–water partition coefficient (Wildman–Crippen LogP) is 4.21. The molecule has 2 aliphatic rings. The molecule has 4 rings (SSSR count). The highest BCUT2D eigenvalue weighted by atomic mass is 32.2. The average Bonchev–Trinajstić information content (AvgIpc) is 2.96.